The van der Waals surface area contributed by atoms with Crippen molar-refractivity contribution in [3.63, 3.8) is 0 Å². The van der Waals surface area contributed by atoms with E-state index >= 15 is 0 Å². The molecule has 1 N–H and O–H groups in total. The van der Waals surface area contributed by atoms with Gasteiger partial charge < -0.3 is 10.2 Å². The van der Waals surface area contributed by atoms with Crippen LogP contribution in [0.15, 0.2) is 71.6 Å². The number of halogens is 3. The fraction of sp³-hybridized carbons (Fsp3) is 0.259. The van der Waals surface area contributed by atoms with E-state index in [-0.39, 0.29) is 28.1 Å². The number of para-hydroxylation sites is 1. The molecule has 202 valence electrons. The number of anilines is 1. The van der Waals surface area contributed by atoms with Crippen molar-refractivity contribution in [3.05, 3.63) is 92.9 Å². The largest absolute Gasteiger partial charge is 0.355 e. The third-order valence-electron chi connectivity index (χ3n) is 5.86. The van der Waals surface area contributed by atoms with Crippen LogP contribution in [0.25, 0.3) is 0 Å². The third kappa shape index (κ3) is 6.99. The molecule has 7 nitrogen and oxygen atoms in total. The van der Waals surface area contributed by atoms with Crippen molar-refractivity contribution in [2.45, 2.75) is 38.3 Å². The minimum absolute atomic E-state index is 0.00336. The number of hydrogen-bond acceptors (Lipinski definition) is 4. The van der Waals surface area contributed by atoms with Crippen LogP contribution in [0.4, 0.5) is 5.69 Å². The maximum Gasteiger partial charge on any atom is 0.264 e. The molecular formula is C27H28Cl3N3O4S. The van der Waals surface area contributed by atoms with Gasteiger partial charge in [0.2, 0.25) is 11.8 Å². The number of sulfonamides is 1. The lowest BCUT2D eigenvalue weighted by Crippen LogP contribution is -2.51. The molecule has 0 aliphatic rings. The summed E-state index contributed by atoms with van der Waals surface area (Å²) in [5.74, 6) is -0.989. The standard InChI is InChI=1S/C27H28Cl3N3O4S/c1-4-31-27(35)19(3)32(16-20-11-14-22(28)24(30)15-20)26(34)17-33(25-8-6-5-7-23(25)29)38(36,37)21-12-9-18(2)10-13-21/h5-15,19H,4,16-17H2,1-3H3,(H,31,35). The minimum atomic E-state index is -4.20. The number of hydrogen-bond donors (Lipinski definition) is 1. The van der Waals surface area contributed by atoms with E-state index in [0.717, 1.165) is 9.87 Å². The number of likely N-dealkylation sites (N-methyl/N-ethyl adjacent to an activating group) is 1. The zero-order valence-corrected chi connectivity index (χ0v) is 24.2. The first-order chi connectivity index (χ1) is 17.9. The van der Waals surface area contributed by atoms with Gasteiger partial charge >= 0.3 is 0 Å². The van der Waals surface area contributed by atoms with Crippen molar-refractivity contribution < 1.29 is 18.0 Å². The highest BCUT2D eigenvalue weighted by Gasteiger charge is 2.33. The van der Waals surface area contributed by atoms with Gasteiger partial charge in [-0.1, -0.05) is 70.7 Å². The Hall–Kier alpha value is -2.78. The summed E-state index contributed by atoms with van der Waals surface area (Å²) in [5.41, 5.74) is 1.64. The summed E-state index contributed by atoms with van der Waals surface area (Å²) < 4.78 is 28.5. The molecule has 3 aromatic rings. The Bertz CT molecular complexity index is 1420. The fourth-order valence-corrected chi connectivity index (χ4v) is 5.79. The highest BCUT2D eigenvalue weighted by Crippen LogP contribution is 2.31. The molecule has 11 heteroatoms. The lowest BCUT2D eigenvalue weighted by Gasteiger charge is -2.32. The van der Waals surface area contributed by atoms with Gasteiger partial charge in [0.05, 0.1) is 25.7 Å². The van der Waals surface area contributed by atoms with Gasteiger partial charge in [-0.05, 0) is 62.7 Å². The molecule has 3 aromatic carbocycles. The average Bonchev–Trinajstić information content (AvgIpc) is 2.88. The number of carbonyl (C=O) groups is 2. The van der Waals surface area contributed by atoms with E-state index in [4.69, 9.17) is 34.8 Å². The van der Waals surface area contributed by atoms with E-state index in [2.05, 4.69) is 5.32 Å². The zero-order chi connectivity index (χ0) is 28.0. The molecule has 0 saturated heterocycles. The Morgan fingerprint density at radius 3 is 2.18 bits per heavy atom. The Balaban J connectivity index is 2.05. The predicted molar refractivity (Wildman–Crippen MR) is 152 cm³/mol. The highest BCUT2D eigenvalue weighted by atomic mass is 35.5. The maximum absolute atomic E-state index is 13.8. The topological polar surface area (TPSA) is 86.8 Å². The Kier molecular flexibility index (Phi) is 10.1. The summed E-state index contributed by atoms with van der Waals surface area (Å²) in [6, 6.07) is 16.6. The van der Waals surface area contributed by atoms with Crippen LogP contribution < -0.4 is 9.62 Å². The van der Waals surface area contributed by atoms with Crippen molar-refractivity contribution in [3.8, 4) is 0 Å². The average molecular weight is 597 g/mol. The van der Waals surface area contributed by atoms with Gasteiger partial charge in [-0.2, -0.15) is 0 Å². The van der Waals surface area contributed by atoms with Gasteiger partial charge in [-0.15, -0.1) is 0 Å². The van der Waals surface area contributed by atoms with Crippen molar-refractivity contribution in [1.82, 2.24) is 10.2 Å². The Labute approximate surface area is 238 Å². The molecule has 0 aromatic heterocycles. The van der Waals surface area contributed by atoms with Crippen LogP contribution in [0.1, 0.15) is 25.0 Å². The van der Waals surface area contributed by atoms with Crippen LogP contribution in [0.2, 0.25) is 15.1 Å². The van der Waals surface area contributed by atoms with E-state index in [1.54, 1.807) is 62.4 Å². The second-order valence-corrected chi connectivity index (χ2v) is 11.7. The first kappa shape index (κ1) is 29.8. The van der Waals surface area contributed by atoms with Crippen LogP contribution in [-0.2, 0) is 26.2 Å². The molecule has 0 radical (unpaired) electrons. The number of benzene rings is 3. The molecule has 38 heavy (non-hydrogen) atoms. The smallest absolute Gasteiger partial charge is 0.264 e. The van der Waals surface area contributed by atoms with E-state index in [9.17, 15) is 18.0 Å². The van der Waals surface area contributed by atoms with Gasteiger partial charge in [0, 0.05) is 13.1 Å². The lowest BCUT2D eigenvalue weighted by molar-refractivity contribution is -0.139. The van der Waals surface area contributed by atoms with Gasteiger partial charge in [0.25, 0.3) is 10.0 Å². The monoisotopic (exact) mass is 595 g/mol. The number of amides is 2. The number of nitrogens with zero attached hydrogens (tertiary/aromatic N) is 2. The highest BCUT2D eigenvalue weighted by molar-refractivity contribution is 7.92. The lowest BCUT2D eigenvalue weighted by atomic mass is 10.1. The summed E-state index contributed by atoms with van der Waals surface area (Å²) in [7, 11) is -4.20. The second-order valence-electron chi connectivity index (χ2n) is 8.62. The summed E-state index contributed by atoms with van der Waals surface area (Å²) in [6.07, 6.45) is 0. The van der Waals surface area contributed by atoms with Crippen molar-refractivity contribution in [2.75, 3.05) is 17.4 Å². The normalized spacial score (nSPS) is 12.1. The zero-order valence-electron chi connectivity index (χ0n) is 21.1. The number of aryl methyl sites for hydroxylation is 1. The number of nitrogens with one attached hydrogen (secondary N) is 1. The molecule has 3 rings (SSSR count). The van der Waals surface area contributed by atoms with Crippen LogP contribution in [0.5, 0.6) is 0 Å². The van der Waals surface area contributed by atoms with Crippen LogP contribution >= 0.6 is 34.8 Å². The number of carbonyl (C=O) groups excluding carboxylic acids is 2. The number of rotatable bonds is 10. The van der Waals surface area contributed by atoms with Gasteiger partial charge in [-0.25, -0.2) is 8.42 Å². The third-order valence-corrected chi connectivity index (χ3v) is 8.70. The molecule has 0 saturated carbocycles. The van der Waals surface area contributed by atoms with Crippen molar-refractivity contribution in [1.29, 1.82) is 0 Å². The Morgan fingerprint density at radius 2 is 1.58 bits per heavy atom. The molecule has 1 unspecified atom stereocenters. The minimum Gasteiger partial charge on any atom is -0.355 e. The molecule has 0 aliphatic carbocycles. The van der Waals surface area contributed by atoms with Crippen molar-refractivity contribution >= 4 is 62.3 Å². The van der Waals surface area contributed by atoms with Crippen LogP contribution in [0.3, 0.4) is 0 Å². The first-order valence-corrected chi connectivity index (χ1v) is 14.4. The molecule has 0 fully saturated rings. The summed E-state index contributed by atoms with van der Waals surface area (Å²) in [6.45, 7) is 4.96. The van der Waals surface area contributed by atoms with E-state index in [0.29, 0.717) is 22.2 Å². The molecule has 0 heterocycles. The summed E-state index contributed by atoms with van der Waals surface area (Å²) >= 11 is 18.6. The maximum atomic E-state index is 13.8. The van der Waals surface area contributed by atoms with Gasteiger partial charge in [0.15, 0.2) is 0 Å². The van der Waals surface area contributed by atoms with E-state index in [1.807, 2.05) is 6.92 Å². The molecule has 1 atom stereocenters. The second kappa shape index (κ2) is 12.8. The fourth-order valence-electron chi connectivity index (χ4n) is 3.74. The van der Waals surface area contributed by atoms with Gasteiger partial charge in [-0.3, -0.25) is 13.9 Å². The van der Waals surface area contributed by atoms with Gasteiger partial charge in [0.1, 0.15) is 12.6 Å². The first-order valence-electron chi connectivity index (χ1n) is 11.8. The SMILES string of the molecule is CCNC(=O)C(C)N(Cc1ccc(Cl)c(Cl)c1)C(=O)CN(c1ccccc1Cl)S(=O)(=O)c1ccc(C)cc1. The summed E-state index contributed by atoms with van der Waals surface area (Å²) in [4.78, 5) is 27.9. The van der Waals surface area contributed by atoms with E-state index in [1.165, 1.54) is 23.1 Å². The Morgan fingerprint density at radius 1 is 0.921 bits per heavy atom. The van der Waals surface area contributed by atoms with Crippen LogP contribution in [0, 0.1) is 6.92 Å². The van der Waals surface area contributed by atoms with Crippen LogP contribution in [-0.4, -0.2) is 44.3 Å². The molecular weight excluding hydrogens is 569 g/mol. The van der Waals surface area contributed by atoms with Crippen molar-refractivity contribution in [2.24, 2.45) is 0 Å². The molecule has 0 bridgehead atoms. The molecule has 0 spiro atoms. The van der Waals surface area contributed by atoms with E-state index < -0.39 is 28.5 Å². The summed E-state index contributed by atoms with van der Waals surface area (Å²) in [5, 5.41) is 3.51. The molecule has 0 aliphatic heterocycles. The molecule has 2 amide bonds. The quantitative estimate of drug-likeness (QED) is 0.325. The predicted octanol–water partition coefficient (Wildman–Crippen LogP) is 5.70.